The second-order valence-corrected chi connectivity index (χ2v) is 4.22. The second-order valence-electron chi connectivity index (χ2n) is 4.22. The van der Waals surface area contributed by atoms with E-state index >= 15 is 0 Å². The van der Waals surface area contributed by atoms with Crippen LogP contribution in [0.5, 0.6) is 0 Å². The zero-order chi connectivity index (χ0) is 11.9. The highest BCUT2D eigenvalue weighted by Gasteiger charge is 2.12. The van der Waals surface area contributed by atoms with Gasteiger partial charge in [0, 0.05) is 0 Å². The Labute approximate surface area is 102 Å². The number of allylic oxidation sites excluding steroid dienone is 3. The van der Waals surface area contributed by atoms with Crippen LogP contribution in [0.15, 0.2) is 53.2 Å². The van der Waals surface area contributed by atoms with Crippen LogP contribution in [0.1, 0.15) is 31.2 Å². The van der Waals surface area contributed by atoms with Crippen molar-refractivity contribution < 1.29 is 5.21 Å². The number of rotatable bonds is 2. The molecule has 1 aromatic rings. The molecule has 0 radical (unpaired) electrons. The predicted octanol–water partition coefficient (Wildman–Crippen LogP) is 4.03. The van der Waals surface area contributed by atoms with Gasteiger partial charge in [-0.25, -0.2) is 0 Å². The molecule has 1 saturated carbocycles. The Kier molecular flexibility index (Phi) is 4.14. The predicted molar refractivity (Wildman–Crippen MR) is 71.2 cm³/mol. The van der Waals surface area contributed by atoms with Gasteiger partial charge in [0.2, 0.25) is 0 Å². The van der Waals surface area contributed by atoms with Gasteiger partial charge in [-0.05, 0) is 36.8 Å². The molecule has 0 aliphatic heterocycles. The standard InChI is InChI=1S/C15H17NO/c17-16-15-12-5-4-10-14(15)11-6-9-13-7-2-1-3-8-13/h1-3,6-9,11,17H,4-5,10,12H2/b9-6-,14-11+,16-15-. The third-order valence-electron chi connectivity index (χ3n) is 2.99. The Hall–Kier alpha value is -1.83. The maximum atomic E-state index is 8.90. The molecular weight excluding hydrogens is 210 g/mol. The summed E-state index contributed by atoms with van der Waals surface area (Å²) in [4.78, 5) is 0. The number of benzene rings is 1. The first-order chi connectivity index (χ1) is 8.40. The van der Waals surface area contributed by atoms with E-state index in [1.54, 1.807) is 0 Å². The minimum atomic E-state index is 0.842. The van der Waals surface area contributed by atoms with Gasteiger partial charge >= 0.3 is 0 Å². The maximum Gasteiger partial charge on any atom is 0.0827 e. The molecule has 2 rings (SSSR count). The van der Waals surface area contributed by atoms with Crippen molar-refractivity contribution >= 4 is 11.8 Å². The first-order valence-electron chi connectivity index (χ1n) is 6.04. The Balaban J connectivity index is 2.07. The van der Waals surface area contributed by atoms with Crippen LogP contribution in [0, 0.1) is 0 Å². The molecule has 17 heavy (non-hydrogen) atoms. The molecule has 0 amide bonds. The zero-order valence-corrected chi connectivity index (χ0v) is 9.84. The van der Waals surface area contributed by atoms with E-state index in [-0.39, 0.29) is 0 Å². The Morgan fingerprint density at radius 2 is 1.82 bits per heavy atom. The average molecular weight is 227 g/mol. The molecule has 1 fully saturated rings. The lowest BCUT2D eigenvalue weighted by atomic mass is 9.92. The van der Waals surface area contributed by atoms with E-state index in [1.807, 2.05) is 24.3 Å². The largest absolute Gasteiger partial charge is 0.411 e. The molecule has 1 aliphatic carbocycles. The maximum absolute atomic E-state index is 8.90. The van der Waals surface area contributed by atoms with E-state index in [9.17, 15) is 0 Å². The highest BCUT2D eigenvalue weighted by atomic mass is 16.4. The molecular formula is C15H17NO. The van der Waals surface area contributed by atoms with Crippen molar-refractivity contribution in [1.82, 2.24) is 0 Å². The topological polar surface area (TPSA) is 32.6 Å². The summed E-state index contributed by atoms with van der Waals surface area (Å²) in [5, 5.41) is 12.3. The fourth-order valence-corrected chi connectivity index (χ4v) is 2.05. The van der Waals surface area contributed by atoms with Gasteiger partial charge in [0.05, 0.1) is 5.71 Å². The summed E-state index contributed by atoms with van der Waals surface area (Å²) in [5.74, 6) is 0. The first kappa shape index (κ1) is 11.6. The van der Waals surface area contributed by atoms with Crippen LogP contribution in [-0.2, 0) is 0 Å². The van der Waals surface area contributed by atoms with Crippen LogP contribution in [0.25, 0.3) is 6.08 Å². The summed E-state index contributed by atoms with van der Waals surface area (Å²) in [7, 11) is 0. The Bertz CT molecular complexity index is 443. The quantitative estimate of drug-likeness (QED) is 0.600. The Morgan fingerprint density at radius 3 is 2.59 bits per heavy atom. The van der Waals surface area contributed by atoms with Crippen molar-refractivity contribution in [2.24, 2.45) is 5.16 Å². The number of hydrogen-bond acceptors (Lipinski definition) is 2. The van der Waals surface area contributed by atoms with Gasteiger partial charge in [-0.1, -0.05) is 53.7 Å². The summed E-state index contributed by atoms with van der Waals surface area (Å²) < 4.78 is 0. The van der Waals surface area contributed by atoms with Crippen molar-refractivity contribution in [3.8, 4) is 0 Å². The molecule has 88 valence electrons. The fourth-order valence-electron chi connectivity index (χ4n) is 2.05. The molecule has 2 heteroatoms. The summed E-state index contributed by atoms with van der Waals surface area (Å²) in [6, 6.07) is 10.2. The van der Waals surface area contributed by atoms with Crippen molar-refractivity contribution in [3.05, 3.63) is 53.6 Å². The van der Waals surface area contributed by atoms with Crippen LogP contribution in [0.2, 0.25) is 0 Å². The molecule has 1 aliphatic rings. The van der Waals surface area contributed by atoms with Gasteiger partial charge in [0.15, 0.2) is 0 Å². The van der Waals surface area contributed by atoms with Gasteiger partial charge in [0.25, 0.3) is 0 Å². The van der Waals surface area contributed by atoms with Crippen LogP contribution in [0.3, 0.4) is 0 Å². The summed E-state index contributed by atoms with van der Waals surface area (Å²) in [6.45, 7) is 0. The molecule has 0 aromatic heterocycles. The van der Waals surface area contributed by atoms with Crippen LogP contribution >= 0.6 is 0 Å². The van der Waals surface area contributed by atoms with Crippen LogP contribution < -0.4 is 0 Å². The minimum Gasteiger partial charge on any atom is -0.411 e. The molecule has 0 bridgehead atoms. The molecule has 0 spiro atoms. The lowest BCUT2D eigenvalue weighted by Crippen LogP contribution is -2.08. The molecule has 0 heterocycles. The van der Waals surface area contributed by atoms with E-state index in [0.717, 1.165) is 30.5 Å². The van der Waals surface area contributed by atoms with E-state index in [0.29, 0.717) is 0 Å². The number of nitrogens with zero attached hydrogens (tertiary/aromatic N) is 1. The van der Waals surface area contributed by atoms with Crippen molar-refractivity contribution in [2.45, 2.75) is 25.7 Å². The van der Waals surface area contributed by atoms with Gasteiger partial charge in [-0.15, -0.1) is 0 Å². The third-order valence-corrected chi connectivity index (χ3v) is 2.99. The molecule has 0 atom stereocenters. The third kappa shape index (κ3) is 3.31. The molecule has 1 aromatic carbocycles. The van der Waals surface area contributed by atoms with E-state index in [2.05, 4.69) is 29.4 Å². The molecule has 2 nitrogen and oxygen atoms in total. The summed E-state index contributed by atoms with van der Waals surface area (Å²) >= 11 is 0. The van der Waals surface area contributed by atoms with Gasteiger partial charge < -0.3 is 5.21 Å². The van der Waals surface area contributed by atoms with Crippen LogP contribution in [-0.4, -0.2) is 10.9 Å². The van der Waals surface area contributed by atoms with E-state index in [4.69, 9.17) is 5.21 Å². The van der Waals surface area contributed by atoms with Gasteiger partial charge in [0.1, 0.15) is 0 Å². The van der Waals surface area contributed by atoms with Crippen molar-refractivity contribution in [3.63, 3.8) is 0 Å². The van der Waals surface area contributed by atoms with E-state index in [1.165, 1.54) is 12.0 Å². The lowest BCUT2D eigenvalue weighted by Gasteiger charge is -2.14. The summed E-state index contributed by atoms with van der Waals surface area (Å²) in [6.07, 6.45) is 10.4. The monoisotopic (exact) mass is 227 g/mol. The van der Waals surface area contributed by atoms with Gasteiger partial charge in [-0.3, -0.25) is 0 Å². The SMILES string of the molecule is O/N=C1/CCCC/C1=C\C=C/c1ccccc1. The number of hydrogen-bond donors (Lipinski definition) is 1. The smallest absolute Gasteiger partial charge is 0.0827 e. The minimum absolute atomic E-state index is 0.842. The normalized spacial score (nSPS) is 21.4. The molecule has 1 N–H and O–H groups in total. The molecule has 0 unspecified atom stereocenters. The summed E-state index contributed by atoms with van der Waals surface area (Å²) in [5.41, 5.74) is 3.18. The zero-order valence-electron chi connectivity index (χ0n) is 9.84. The van der Waals surface area contributed by atoms with Crippen molar-refractivity contribution in [2.75, 3.05) is 0 Å². The van der Waals surface area contributed by atoms with Crippen molar-refractivity contribution in [1.29, 1.82) is 0 Å². The first-order valence-corrected chi connectivity index (χ1v) is 6.04. The fraction of sp³-hybridized carbons (Fsp3) is 0.267. The highest BCUT2D eigenvalue weighted by molar-refractivity contribution is 6.00. The Morgan fingerprint density at radius 1 is 1.06 bits per heavy atom. The number of oxime groups is 1. The second kappa shape index (κ2) is 6.04. The van der Waals surface area contributed by atoms with Crippen LogP contribution in [0.4, 0.5) is 0 Å². The van der Waals surface area contributed by atoms with Gasteiger partial charge in [-0.2, -0.15) is 0 Å². The molecule has 0 saturated heterocycles. The lowest BCUT2D eigenvalue weighted by molar-refractivity contribution is 0.316. The average Bonchev–Trinajstić information content (AvgIpc) is 2.40. The highest BCUT2D eigenvalue weighted by Crippen LogP contribution is 2.21. The van der Waals surface area contributed by atoms with E-state index < -0.39 is 0 Å².